The molecule has 0 N–H and O–H groups in total. The van der Waals surface area contributed by atoms with Gasteiger partial charge in [-0.25, -0.2) is 0 Å². The van der Waals surface area contributed by atoms with Crippen molar-refractivity contribution >= 4 is 39.3 Å². The number of allylic oxidation sites excluding steroid dienone is 2. The van der Waals surface area contributed by atoms with Crippen molar-refractivity contribution in [1.82, 2.24) is 30.8 Å². The Hall–Kier alpha value is -1.25. The van der Waals surface area contributed by atoms with Crippen molar-refractivity contribution in [2.24, 2.45) is 0 Å². The molecule has 0 saturated heterocycles. The Labute approximate surface area is 118 Å². The summed E-state index contributed by atoms with van der Waals surface area (Å²) in [6, 6.07) is 0. The standard InChI is InChI=1S/C11H13IN6/c1-5(7(3)12)6(2)9-8(4)13-15-11-10(9)14-17-18-16-11/h7H,1-4H3/b6-5-. The fourth-order valence-electron chi connectivity index (χ4n) is 1.74. The quantitative estimate of drug-likeness (QED) is 0.606. The second-order valence-electron chi connectivity index (χ2n) is 4.14. The highest BCUT2D eigenvalue weighted by Crippen LogP contribution is 2.28. The van der Waals surface area contributed by atoms with Gasteiger partial charge in [0, 0.05) is 9.49 Å². The van der Waals surface area contributed by atoms with E-state index in [2.05, 4.69) is 74.2 Å². The average molecular weight is 356 g/mol. The van der Waals surface area contributed by atoms with Crippen molar-refractivity contribution in [3.8, 4) is 0 Å². The van der Waals surface area contributed by atoms with E-state index >= 15 is 0 Å². The lowest BCUT2D eigenvalue weighted by Gasteiger charge is -2.12. The number of aromatic nitrogens is 6. The van der Waals surface area contributed by atoms with Gasteiger partial charge in [-0.1, -0.05) is 28.2 Å². The smallest absolute Gasteiger partial charge is 0.153 e. The van der Waals surface area contributed by atoms with Crippen LogP contribution in [0.1, 0.15) is 32.0 Å². The van der Waals surface area contributed by atoms with Gasteiger partial charge < -0.3 is 0 Å². The van der Waals surface area contributed by atoms with Crippen LogP contribution in [0.3, 0.4) is 0 Å². The Morgan fingerprint density at radius 1 is 1.06 bits per heavy atom. The topological polar surface area (TPSA) is 77.3 Å². The van der Waals surface area contributed by atoms with E-state index in [0.717, 1.165) is 16.8 Å². The van der Waals surface area contributed by atoms with E-state index in [-0.39, 0.29) is 0 Å². The Bertz CT molecular complexity index is 622. The number of halogens is 1. The summed E-state index contributed by atoms with van der Waals surface area (Å²) in [6.07, 6.45) is 0. The maximum absolute atomic E-state index is 4.11. The Kier molecular flexibility index (Phi) is 3.79. The zero-order valence-electron chi connectivity index (χ0n) is 10.6. The second-order valence-corrected chi connectivity index (χ2v) is 6.00. The summed E-state index contributed by atoms with van der Waals surface area (Å²) < 4.78 is 0.438. The van der Waals surface area contributed by atoms with Crippen LogP contribution >= 0.6 is 22.6 Å². The van der Waals surface area contributed by atoms with E-state index in [1.54, 1.807) is 0 Å². The fourth-order valence-corrected chi connectivity index (χ4v) is 2.20. The van der Waals surface area contributed by atoms with E-state index in [4.69, 9.17) is 0 Å². The molecule has 1 atom stereocenters. The summed E-state index contributed by atoms with van der Waals surface area (Å²) in [7, 11) is 0. The molecule has 0 saturated carbocycles. The molecule has 0 fully saturated rings. The highest BCUT2D eigenvalue weighted by molar-refractivity contribution is 14.1. The van der Waals surface area contributed by atoms with Gasteiger partial charge in [0.2, 0.25) is 5.65 Å². The van der Waals surface area contributed by atoms with E-state index in [0.29, 0.717) is 15.1 Å². The molecule has 0 aliphatic rings. The van der Waals surface area contributed by atoms with Crippen LogP contribution in [0.5, 0.6) is 0 Å². The lowest BCUT2D eigenvalue weighted by molar-refractivity contribution is 0.779. The Morgan fingerprint density at radius 3 is 2.39 bits per heavy atom. The molecule has 2 aromatic rings. The minimum atomic E-state index is 0.430. The van der Waals surface area contributed by atoms with Crippen molar-refractivity contribution in [1.29, 1.82) is 0 Å². The maximum atomic E-state index is 4.11. The van der Waals surface area contributed by atoms with Crippen LogP contribution in [-0.2, 0) is 0 Å². The van der Waals surface area contributed by atoms with Crippen LogP contribution in [0, 0.1) is 6.92 Å². The Morgan fingerprint density at radius 2 is 1.72 bits per heavy atom. The van der Waals surface area contributed by atoms with Crippen LogP contribution in [0.15, 0.2) is 5.57 Å². The summed E-state index contributed by atoms with van der Waals surface area (Å²) in [6.45, 7) is 8.24. The van der Waals surface area contributed by atoms with E-state index < -0.39 is 0 Å². The second kappa shape index (κ2) is 5.17. The third kappa shape index (κ3) is 2.31. The minimum Gasteiger partial charge on any atom is -0.153 e. The largest absolute Gasteiger partial charge is 0.226 e. The molecule has 0 aromatic carbocycles. The molecule has 2 rings (SSSR count). The normalized spacial score (nSPS) is 14.5. The molecule has 0 bridgehead atoms. The first-order chi connectivity index (χ1) is 8.52. The number of fused-ring (bicyclic) bond motifs is 1. The first kappa shape index (κ1) is 13.2. The van der Waals surface area contributed by atoms with E-state index in [1.165, 1.54) is 5.57 Å². The first-order valence-electron chi connectivity index (χ1n) is 5.53. The van der Waals surface area contributed by atoms with Gasteiger partial charge in [0.25, 0.3) is 0 Å². The van der Waals surface area contributed by atoms with Gasteiger partial charge in [0.15, 0.2) is 0 Å². The predicted molar refractivity (Wildman–Crippen MR) is 77.2 cm³/mol. The summed E-state index contributed by atoms with van der Waals surface area (Å²) in [5.41, 5.74) is 5.32. The van der Waals surface area contributed by atoms with Gasteiger partial charge in [-0.2, -0.15) is 5.10 Å². The lowest BCUT2D eigenvalue weighted by atomic mass is 9.99. The minimum absolute atomic E-state index is 0.430. The van der Waals surface area contributed by atoms with Crippen molar-refractivity contribution in [2.75, 3.05) is 0 Å². The van der Waals surface area contributed by atoms with Crippen LogP contribution < -0.4 is 0 Å². The third-order valence-electron chi connectivity index (χ3n) is 2.99. The summed E-state index contributed by atoms with van der Waals surface area (Å²) in [5, 5.41) is 23.1. The molecule has 2 heterocycles. The van der Waals surface area contributed by atoms with Gasteiger partial charge in [-0.15, -0.1) is 15.3 Å². The zero-order chi connectivity index (χ0) is 13.3. The highest BCUT2D eigenvalue weighted by Gasteiger charge is 2.15. The average Bonchev–Trinajstić information content (AvgIpc) is 2.37. The third-order valence-corrected chi connectivity index (χ3v) is 3.93. The number of alkyl halides is 1. The first-order valence-corrected chi connectivity index (χ1v) is 6.77. The molecule has 0 radical (unpaired) electrons. The van der Waals surface area contributed by atoms with Gasteiger partial charge >= 0.3 is 0 Å². The lowest BCUT2D eigenvalue weighted by Crippen LogP contribution is -2.05. The van der Waals surface area contributed by atoms with Crippen molar-refractivity contribution in [3.63, 3.8) is 0 Å². The highest BCUT2D eigenvalue weighted by atomic mass is 127. The molecule has 18 heavy (non-hydrogen) atoms. The van der Waals surface area contributed by atoms with Crippen molar-refractivity contribution in [3.05, 3.63) is 16.8 Å². The number of hydrogen-bond donors (Lipinski definition) is 0. The number of nitrogens with zero attached hydrogens (tertiary/aromatic N) is 6. The van der Waals surface area contributed by atoms with Crippen LogP contribution in [0.4, 0.5) is 0 Å². The van der Waals surface area contributed by atoms with Crippen molar-refractivity contribution < 1.29 is 0 Å². The zero-order valence-corrected chi connectivity index (χ0v) is 12.8. The van der Waals surface area contributed by atoms with Gasteiger partial charge in [-0.3, -0.25) is 0 Å². The van der Waals surface area contributed by atoms with E-state index in [9.17, 15) is 0 Å². The van der Waals surface area contributed by atoms with Crippen LogP contribution in [-0.4, -0.2) is 34.7 Å². The van der Waals surface area contributed by atoms with Gasteiger partial charge in [-0.05, 0) is 43.7 Å². The monoisotopic (exact) mass is 356 g/mol. The van der Waals surface area contributed by atoms with Crippen molar-refractivity contribution in [2.45, 2.75) is 31.6 Å². The molecule has 2 aromatic heterocycles. The molecule has 0 amide bonds. The fraction of sp³-hybridized carbons (Fsp3) is 0.455. The number of rotatable bonds is 2. The molecular formula is C11H13IN6. The van der Waals surface area contributed by atoms with Crippen LogP contribution in [0.2, 0.25) is 0 Å². The molecule has 1 unspecified atom stereocenters. The Balaban J connectivity index is 2.78. The summed E-state index contributed by atoms with van der Waals surface area (Å²) >= 11 is 2.39. The molecule has 0 aliphatic carbocycles. The molecule has 0 aliphatic heterocycles. The predicted octanol–water partition coefficient (Wildman–Crippen LogP) is 2.14. The van der Waals surface area contributed by atoms with Gasteiger partial charge in [0.05, 0.1) is 5.69 Å². The molecular weight excluding hydrogens is 343 g/mol. The number of aryl methyl sites for hydroxylation is 1. The molecule has 6 nitrogen and oxygen atoms in total. The molecule has 94 valence electrons. The maximum Gasteiger partial charge on any atom is 0.226 e. The van der Waals surface area contributed by atoms with Gasteiger partial charge in [0.1, 0.15) is 5.52 Å². The molecule has 7 heteroatoms. The number of hydrogen-bond acceptors (Lipinski definition) is 6. The molecule has 0 spiro atoms. The summed E-state index contributed by atoms with van der Waals surface area (Å²) in [5.74, 6) is 0. The van der Waals surface area contributed by atoms with Crippen LogP contribution in [0.25, 0.3) is 16.7 Å². The SMILES string of the molecule is C/C(=C(\C)C(C)I)c1c(C)nnc2nnnnc12. The van der Waals surface area contributed by atoms with E-state index in [1.807, 2.05) is 6.92 Å². The summed E-state index contributed by atoms with van der Waals surface area (Å²) in [4.78, 5) is 0.